The third kappa shape index (κ3) is 4.66. The smallest absolute Gasteiger partial charge is 0.257 e. The summed E-state index contributed by atoms with van der Waals surface area (Å²) in [5.41, 5.74) is 3.52. The summed E-state index contributed by atoms with van der Waals surface area (Å²) in [5, 5.41) is 0. The van der Waals surface area contributed by atoms with E-state index in [0.717, 1.165) is 16.7 Å². The molecule has 1 heterocycles. The summed E-state index contributed by atoms with van der Waals surface area (Å²) < 4.78 is 38.0. The molecular formula is C22H28N2O5S. The Kier molecular flexibility index (Phi) is 6.80. The summed E-state index contributed by atoms with van der Waals surface area (Å²) in [7, 11) is -0.549. The van der Waals surface area contributed by atoms with Crippen LogP contribution in [0.1, 0.15) is 27.0 Å². The first kappa shape index (κ1) is 22.3. The first-order valence-corrected chi connectivity index (χ1v) is 11.3. The largest absolute Gasteiger partial charge is 0.496 e. The number of hydrogen-bond acceptors (Lipinski definition) is 5. The molecular weight excluding hydrogens is 404 g/mol. The maximum Gasteiger partial charge on any atom is 0.257 e. The molecule has 1 amide bonds. The van der Waals surface area contributed by atoms with E-state index in [4.69, 9.17) is 9.47 Å². The van der Waals surface area contributed by atoms with Gasteiger partial charge in [0.05, 0.1) is 30.8 Å². The molecule has 0 aromatic heterocycles. The van der Waals surface area contributed by atoms with Crippen LogP contribution in [0.25, 0.3) is 0 Å². The van der Waals surface area contributed by atoms with E-state index < -0.39 is 10.0 Å². The second-order valence-corrected chi connectivity index (χ2v) is 9.41. The van der Waals surface area contributed by atoms with Gasteiger partial charge in [-0.25, -0.2) is 8.42 Å². The van der Waals surface area contributed by atoms with Crippen molar-refractivity contribution in [3.8, 4) is 5.75 Å². The molecule has 0 bridgehead atoms. The molecule has 1 saturated heterocycles. The van der Waals surface area contributed by atoms with E-state index in [1.807, 2.05) is 26.0 Å². The fourth-order valence-electron chi connectivity index (χ4n) is 3.51. The second-order valence-electron chi connectivity index (χ2n) is 7.47. The van der Waals surface area contributed by atoms with Crippen LogP contribution in [-0.4, -0.2) is 64.0 Å². The molecule has 0 unspecified atom stereocenters. The van der Waals surface area contributed by atoms with Crippen molar-refractivity contribution >= 4 is 15.9 Å². The maximum absolute atomic E-state index is 13.2. The first-order valence-electron chi connectivity index (χ1n) is 9.81. The highest BCUT2D eigenvalue weighted by Crippen LogP contribution is 2.27. The fraction of sp³-hybridized carbons (Fsp3) is 0.409. The van der Waals surface area contributed by atoms with Gasteiger partial charge in [-0.3, -0.25) is 4.79 Å². The number of methoxy groups -OCH3 is 1. The zero-order valence-electron chi connectivity index (χ0n) is 17.8. The van der Waals surface area contributed by atoms with Crippen molar-refractivity contribution in [2.45, 2.75) is 25.3 Å². The van der Waals surface area contributed by atoms with Crippen molar-refractivity contribution < 1.29 is 22.7 Å². The molecule has 0 aliphatic carbocycles. The first-order chi connectivity index (χ1) is 14.2. The predicted octanol–water partition coefficient (Wildman–Crippen LogP) is 2.61. The number of sulfonamides is 1. The van der Waals surface area contributed by atoms with Gasteiger partial charge in [-0.2, -0.15) is 4.31 Å². The lowest BCUT2D eigenvalue weighted by Crippen LogP contribution is -2.40. The number of nitrogens with zero attached hydrogens (tertiary/aromatic N) is 2. The fourth-order valence-corrected chi connectivity index (χ4v) is 4.94. The van der Waals surface area contributed by atoms with Crippen LogP contribution in [0.2, 0.25) is 0 Å². The number of hydrogen-bond donors (Lipinski definition) is 0. The Morgan fingerprint density at radius 2 is 1.83 bits per heavy atom. The van der Waals surface area contributed by atoms with E-state index in [-0.39, 0.29) is 16.4 Å². The topological polar surface area (TPSA) is 76.1 Å². The molecule has 8 heteroatoms. The SMILES string of the molecule is COc1ccc(S(=O)(=O)N2CCOCC2)cc1C(=O)N(C)Cc1ccc(C)cc1C. The summed E-state index contributed by atoms with van der Waals surface area (Å²) in [4.78, 5) is 14.8. The van der Waals surface area contributed by atoms with E-state index in [2.05, 4.69) is 6.07 Å². The molecule has 2 aromatic rings. The van der Waals surface area contributed by atoms with Gasteiger partial charge in [0.1, 0.15) is 5.75 Å². The lowest BCUT2D eigenvalue weighted by molar-refractivity contribution is 0.0730. The second kappa shape index (κ2) is 9.16. The van der Waals surface area contributed by atoms with Crippen LogP contribution < -0.4 is 4.74 Å². The minimum absolute atomic E-state index is 0.0773. The van der Waals surface area contributed by atoms with Gasteiger partial charge in [0.15, 0.2) is 0 Å². The molecule has 0 saturated carbocycles. The molecule has 2 aromatic carbocycles. The van der Waals surface area contributed by atoms with Crippen molar-refractivity contribution in [3.63, 3.8) is 0 Å². The van der Waals surface area contributed by atoms with Crippen LogP contribution in [-0.2, 0) is 21.3 Å². The number of amides is 1. The Balaban J connectivity index is 1.89. The van der Waals surface area contributed by atoms with Gasteiger partial charge < -0.3 is 14.4 Å². The number of carbonyl (C=O) groups is 1. The highest BCUT2D eigenvalue weighted by molar-refractivity contribution is 7.89. The highest BCUT2D eigenvalue weighted by Gasteiger charge is 2.28. The monoisotopic (exact) mass is 432 g/mol. The Morgan fingerprint density at radius 1 is 1.13 bits per heavy atom. The van der Waals surface area contributed by atoms with Crippen LogP contribution in [0.15, 0.2) is 41.3 Å². The van der Waals surface area contributed by atoms with Gasteiger partial charge in [-0.15, -0.1) is 0 Å². The molecule has 0 radical (unpaired) electrons. The van der Waals surface area contributed by atoms with Crippen LogP contribution >= 0.6 is 0 Å². The molecule has 0 atom stereocenters. The lowest BCUT2D eigenvalue weighted by atomic mass is 10.0. The predicted molar refractivity (Wildman–Crippen MR) is 114 cm³/mol. The van der Waals surface area contributed by atoms with Gasteiger partial charge in [0, 0.05) is 26.7 Å². The summed E-state index contributed by atoms with van der Waals surface area (Å²) in [5.74, 6) is 0.0410. The number of ether oxygens (including phenoxy) is 2. The van der Waals surface area contributed by atoms with E-state index in [1.165, 1.54) is 29.6 Å². The molecule has 1 aliphatic rings. The molecule has 7 nitrogen and oxygen atoms in total. The number of rotatable bonds is 6. The highest BCUT2D eigenvalue weighted by atomic mass is 32.2. The van der Waals surface area contributed by atoms with Crippen LogP contribution in [0.4, 0.5) is 0 Å². The third-order valence-electron chi connectivity index (χ3n) is 5.26. The summed E-state index contributed by atoms with van der Waals surface area (Å²) >= 11 is 0. The van der Waals surface area contributed by atoms with Crippen molar-refractivity contribution in [2.24, 2.45) is 0 Å². The van der Waals surface area contributed by atoms with Crippen molar-refractivity contribution in [1.82, 2.24) is 9.21 Å². The van der Waals surface area contributed by atoms with E-state index in [9.17, 15) is 13.2 Å². The van der Waals surface area contributed by atoms with Gasteiger partial charge in [0.2, 0.25) is 10.0 Å². The van der Waals surface area contributed by atoms with Crippen molar-refractivity contribution in [2.75, 3.05) is 40.5 Å². The van der Waals surface area contributed by atoms with Gasteiger partial charge >= 0.3 is 0 Å². The normalized spacial score (nSPS) is 15.1. The zero-order valence-corrected chi connectivity index (χ0v) is 18.7. The Labute approximate surface area is 178 Å². The molecule has 3 rings (SSSR count). The van der Waals surface area contributed by atoms with Crippen LogP contribution in [0.5, 0.6) is 5.75 Å². The number of benzene rings is 2. The Morgan fingerprint density at radius 3 is 2.47 bits per heavy atom. The quantitative estimate of drug-likeness (QED) is 0.701. The van der Waals surface area contributed by atoms with Crippen molar-refractivity contribution in [3.05, 3.63) is 58.7 Å². The zero-order chi connectivity index (χ0) is 21.9. The van der Waals surface area contributed by atoms with Crippen LogP contribution in [0, 0.1) is 13.8 Å². The number of morpholine rings is 1. The standard InChI is InChI=1S/C22H28N2O5S/c1-16-5-6-18(17(2)13-16)15-23(3)22(25)20-14-19(7-8-21(20)28-4)30(26,27)24-9-11-29-12-10-24/h5-8,13-14H,9-12,15H2,1-4H3. The average molecular weight is 433 g/mol. The molecule has 1 aliphatic heterocycles. The van der Waals surface area contributed by atoms with E-state index in [1.54, 1.807) is 11.9 Å². The minimum atomic E-state index is -3.71. The number of aryl methyl sites for hydroxylation is 2. The minimum Gasteiger partial charge on any atom is -0.496 e. The Hall–Kier alpha value is -2.42. The van der Waals surface area contributed by atoms with Crippen molar-refractivity contribution in [1.29, 1.82) is 0 Å². The Bertz CT molecular complexity index is 1030. The van der Waals surface area contributed by atoms with Gasteiger partial charge in [0.25, 0.3) is 5.91 Å². The lowest BCUT2D eigenvalue weighted by Gasteiger charge is -2.26. The molecule has 30 heavy (non-hydrogen) atoms. The molecule has 1 fully saturated rings. The number of carbonyl (C=O) groups excluding carboxylic acids is 1. The molecule has 0 N–H and O–H groups in total. The van der Waals surface area contributed by atoms with Gasteiger partial charge in [-0.05, 0) is 43.2 Å². The summed E-state index contributed by atoms with van der Waals surface area (Å²) in [6.45, 7) is 5.76. The molecule has 0 spiro atoms. The van der Waals surface area contributed by atoms with Gasteiger partial charge in [-0.1, -0.05) is 23.8 Å². The van der Waals surface area contributed by atoms with E-state index in [0.29, 0.717) is 38.6 Å². The third-order valence-corrected chi connectivity index (χ3v) is 7.16. The van der Waals surface area contributed by atoms with E-state index >= 15 is 0 Å². The molecule has 162 valence electrons. The maximum atomic E-state index is 13.2. The summed E-state index contributed by atoms with van der Waals surface area (Å²) in [6, 6.07) is 10.5. The summed E-state index contributed by atoms with van der Waals surface area (Å²) in [6.07, 6.45) is 0. The average Bonchev–Trinajstić information content (AvgIpc) is 2.75. The van der Waals surface area contributed by atoms with Crippen LogP contribution in [0.3, 0.4) is 0 Å².